The fraction of sp³-hybridized carbons (Fsp3) is 0.891. The first-order chi connectivity index (χ1) is 27.3. The highest BCUT2D eigenvalue weighted by Gasteiger charge is 2.26. The van der Waals surface area contributed by atoms with Gasteiger partial charge in [-0.2, -0.15) is 0 Å². The summed E-state index contributed by atoms with van der Waals surface area (Å²) in [6.45, 7) is 3.53. The Kier molecular flexibility index (Phi) is 42.7. The summed E-state index contributed by atoms with van der Waals surface area (Å²) in [6, 6.07) is 0. The topological polar surface area (TPSA) is 132 Å². The minimum absolute atomic E-state index is 0.0483. The molecule has 0 radical (unpaired) electrons. The van der Waals surface area contributed by atoms with Crippen molar-refractivity contribution in [2.45, 2.75) is 232 Å². The Morgan fingerprint density at radius 1 is 0.536 bits per heavy atom. The number of carbonyl (C=O) groups is 1. The Labute approximate surface area is 344 Å². The lowest BCUT2D eigenvalue weighted by Crippen LogP contribution is -2.29. The van der Waals surface area contributed by atoms with Crippen LogP contribution in [-0.2, 0) is 27.9 Å². The molecule has 0 spiro atoms. The lowest BCUT2D eigenvalue weighted by molar-refractivity contribution is -0.154. The molecule has 0 saturated heterocycles. The highest BCUT2D eigenvalue weighted by molar-refractivity contribution is 7.47. The molecule has 3 N–H and O–H groups in total. The Balaban J connectivity index is 4.13. The Morgan fingerprint density at radius 3 is 1.34 bits per heavy atom. The van der Waals surface area contributed by atoms with Crippen LogP contribution in [0.1, 0.15) is 219 Å². The molecule has 56 heavy (non-hydrogen) atoms. The first kappa shape index (κ1) is 54.9. The third kappa shape index (κ3) is 42.5. The van der Waals surface area contributed by atoms with Crippen LogP contribution < -0.4 is 0 Å². The quantitative estimate of drug-likeness (QED) is 0.0238. The maximum absolute atomic E-state index is 12.6. The largest absolute Gasteiger partial charge is 0.472 e. The second-order valence-electron chi connectivity index (χ2n) is 15.8. The molecule has 0 aromatic carbocycles. The van der Waals surface area contributed by atoms with Crippen molar-refractivity contribution in [3.05, 3.63) is 24.3 Å². The molecule has 9 nitrogen and oxygen atoms in total. The minimum atomic E-state index is -4.52. The maximum Gasteiger partial charge on any atom is 0.472 e. The highest BCUT2D eigenvalue weighted by atomic mass is 31.2. The second kappa shape index (κ2) is 43.5. The number of hydrogen-bond acceptors (Lipinski definition) is 8. The monoisotopic (exact) mass is 817 g/mol. The van der Waals surface area contributed by atoms with Crippen molar-refractivity contribution in [1.82, 2.24) is 0 Å². The van der Waals surface area contributed by atoms with Crippen molar-refractivity contribution in [3.8, 4) is 0 Å². The molecular weight excluding hydrogens is 727 g/mol. The Bertz CT molecular complexity index is 928. The van der Waals surface area contributed by atoms with Gasteiger partial charge in [-0.25, -0.2) is 4.57 Å². The summed E-state index contributed by atoms with van der Waals surface area (Å²) < 4.78 is 33.4. The average molecular weight is 817 g/mol. The predicted octanol–water partition coefficient (Wildman–Crippen LogP) is 13.0. The third-order valence-electron chi connectivity index (χ3n) is 10.1. The summed E-state index contributed by atoms with van der Waals surface area (Å²) in [7, 11) is -4.52. The van der Waals surface area contributed by atoms with Crippen molar-refractivity contribution in [3.63, 3.8) is 0 Å². The first-order valence-corrected chi connectivity index (χ1v) is 24.8. The second-order valence-corrected chi connectivity index (χ2v) is 17.2. The van der Waals surface area contributed by atoms with Gasteiger partial charge in [0.1, 0.15) is 12.2 Å². The first-order valence-electron chi connectivity index (χ1n) is 23.3. The molecular formula is C46H89O9P. The van der Waals surface area contributed by atoms with Gasteiger partial charge in [0.25, 0.3) is 0 Å². The maximum atomic E-state index is 12.6. The Morgan fingerprint density at radius 2 is 0.911 bits per heavy atom. The number of ether oxygens (including phenoxy) is 2. The zero-order valence-corrected chi connectivity index (χ0v) is 37.3. The van der Waals surface area contributed by atoms with E-state index in [0.717, 1.165) is 51.4 Å². The third-order valence-corrected chi connectivity index (χ3v) is 11.1. The number of allylic oxidation sites excluding steroid dienone is 4. The normalized spacial score (nSPS) is 14.2. The van der Waals surface area contributed by atoms with Gasteiger partial charge in [0.05, 0.1) is 26.4 Å². The summed E-state index contributed by atoms with van der Waals surface area (Å²) in [5.41, 5.74) is 0. The molecule has 0 aliphatic heterocycles. The van der Waals surface area contributed by atoms with Crippen LogP contribution in [0.4, 0.5) is 0 Å². The fourth-order valence-corrected chi connectivity index (χ4v) is 7.31. The van der Waals surface area contributed by atoms with Crippen LogP contribution in [0, 0.1) is 0 Å². The number of phosphoric ester groups is 1. The van der Waals surface area contributed by atoms with E-state index in [1.54, 1.807) is 0 Å². The minimum Gasteiger partial charge on any atom is -0.457 e. The van der Waals surface area contributed by atoms with Crippen LogP contribution in [-0.4, -0.2) is 66.3 Å². The number of esters is 1. The zero-order chi connectivity index (χ0) is 41.1. The number of aliphatic hydroxyl groups is 2. The van der Waals surface area contributed by atoms with Gasteiger partial charge in [0.15, 0.2) is 0 Å². The summed E-state index contributed by atoms with van der Waals surface area (Å²) in [4.78, 5) is 22.6. The zero-order valence-electron chi connectivity index (χ0n) is 36.4. The van der Waals surface area contributed by atoms with Gasteiger partial charge >= 0.3 is 13.8 Å². The molecule has 0 aliphatic rings. The summed E-state index contributed by atoms with van der Waals surface area (Å²) in [6.07, 6.45) is 45.6. The average Bonchev–Trinajstić information content (AvgIpc) is 3.19. The molecule has 0 rings (SSSR count). The van der Waals surface area contributed by atoms with Gasteiger partial charge in [0.2, 0.25) is 0 Å². The molecule has 0 aromatic rings. The van der Waals surface area contributed by atoms with E-state index in [0.29, 0.717) is 6.61 Å². The van der Waals surface area contributed by atoms with Gasteiger partial charge in [0, 0.05) is 13.0 Å². The van der Waals surface area contributed by atoms with Crippen LogP contribution >= 0.6 is 7.82 Å². The number of unbranched alkanes of at least 4 members (excludes halogenated alkanes) is 27. The molecule has 0 aromatic heterocycles. The van der Waals surface area contributed by atoms with Crippen molar-refractivity contribution in [2.75, 3.05) is 33.0 Å². The molecule has 0 bridgehead atoms. The smallest absolute Gasteiger partial charge is 0.457 e. The molecule has 0 fully saturated rings. The molecule has 0 saturated carbocycles. The number of hydrogen-bond donors (Lipinski definition) is 3. The molecule has 0 amide bonds. The van der Waals surface area contributed by atoms with E-state index >= 15 is 0 Å². The van der Waals surface area contributed by atoms with E-state index in [-0.39, 0.29) is 25.6 Å². The summed E-state index contributed by atoms with van der Waals surface area (Å²) >= 11 is 0. The lowest BCUT2D eigenvalue weighted by atomic mass is 10.1. The van der Waals surface area contributed by atoms with Crippen LogP contribution in [0.15, 0.2) is 24.3 Å². The van der Waals surface area contributed by atoms with Gasteiger partial charge < -0.3 is 24.6 Å². The Hall–Kier alpha value is -1.06. The van der Waals surface area contributed by atoms with Crippen molar-refractivity contribution < 1.29 is 43.0 Å². The number of aliphatic hydroxyl groups excluding tert-OH is 2. The van der Waals surface area contributed by atoms with E-state index in [2.05, 4.69) is 38.2 Å². The molecule has 332 valence electrons. The number of carbonyl (C=O) groups excluding carboxylic acids is 1. The van der Waals surface area contributed by atoms with Gasteiger partial charge in [-0.1, -0.05) is 173 Å². The van der Waals surface area contributed by atoms with Gasteiger partial charge in [-0.15, -0.1) is 0 Å². The van der Waals surface area contributed by atoms with Crippen LogP contribution in [0.25, 0.3) is 0 Å². The summed E-state index contributed by atoms with van der Waals surface area (Å²) in [5, 5.41) is 18.4. The van der Waals surface area contributed by atoms with Crippen LogP contribution in [0.2, 0.25) is 0 Å². The van der Waals surface area contributed by atoms with Crippen molar-refractivity contribution in [2.24, 2.45) is 0 Å². The highest BCUT2D eigenvalue weighted by Crippen LogP contribution is 2.43. The van der Waals surface area contributed by atoms with Crippen molar-refractivity contribution in [1.29, 1.82) is 0 Å². The van der Waals surface area contributed by atoms with E-state index in [1.165, 1.54) is 148 Å². The van der Waals surface area contributed by atoms with E-state index in [9.17, 15) is 19.4 Å². The van der Waals surface area contributed by atoms with Crippen molar-refractivity contribution >= 4 is 13.8 Å². The van der Waals surface area contributed by atoms with Gasteiger partial charge in [-0.05, 0) is 64.2 Å². The SMILES string of the molecule is CCCCCCCC/C=C\CCCCCCCCCCOCC(COP(=O)(O)OCC(O)CO)OC(=O)CCCCCCCCC/C=C\CCCCCCCC. The molecule has 3 atom stereocenters. The molecule has 3 unspecified atom stereocenters. The standard InChI is InChI=1S/C46H89O9P/c1-3-5-7-9-11-13-15-17-19-21-23-25-27-29-31-33-35-37-39-52-42-45(43-54-56(50,51)53-41-44(48)40-47)55-46(49)38-36-34-32-30-28-26-24-22-20-18-16-14-12-10-8-6-4-2/h17-20,44-45,47-48H,3-16,21-43H2,1-2H3,(H,50,51)/b19-17-,20-18-. The van der Waals surface area contributed by atoms with Crippen LogP contribution in [0.5, 0.6) is 0 Å². The lowest BCUT2D eigenvalue weighted by Gasteiger charge is -2.20. The number of phosphoric acid groups is 1. The number of rotatable bonds is 45. The fourth-order valence-electron chi connectivity index (χ4n) is 6.52. The van der Waals surface area contributed by atoms with E-state index in [4.69, 9.17) is 23.6 Å². The van der Waals surface area contributed by atoms with Crippen LogP contribution in [0.3, 0.4) is 0 Å². The molecule has 10 heteroatoms. The summed E-state index contributed by atoms with van der Waals surface area (Å²) in [5.74, 6) is -0.386. The van der Waals surface area contributed by atoms with E-state index < -0.39 is 33.2 Å². The molecule has 0 heterocycles. The van der Waals surface area contributed by atoms with Gasteiger partial charge in [-0.3, -0.25) is 13.8 Å². The predicted molar refractivity (Wildman–Crippen MR) is 233 cm³/mol. The van der Waals surface area contributed by atoms with E-state index in [1.807, 2.05) is 0 Å². The molecule has 0 aliphatic carbocycles.